The van der Waals surface area contributed by atoms with Crippen molar-refractivity contribution in [2.75, 3.05) is 11.5 Å². The first-order valence-corrected chi connectivity index (χ1v) is 10.5. The normalized spacial score (nSPS) is 25.5. The Morgan fingerprint density at radius 3 is 2.82 bits per heavy atom. The van der Waals surface area contributed by atoms with Crippen LogP contribution in [0.25, 0.3) is 12.2 Å². The fourth-order valence-electron chi connectivity index (χ4n) is 5.28. The number of para-hydroxylation sites is 1. The Balaban J connectivity index is 1.48. The highest BCUT2D eigenvalue weighted by Gasteiger charge is 2.61. The van der Waals surface area contributed by atoms with Gasteiger partial charge in [0.05, 0.1) is 36.2 Å². The molecule has 4 heterocycles. The summed E-state index contributed by atoms with van der Waals surface area (Å²) in [4.78, 5) is 19.4. The SMILES string of the molecule is Cc1noc2c1=CC1[C@@H](C=2)OCC12C(=O)N(Cc1ncccc1C(F)(F)F)c1ccccc12. The van der Waals surface area contributed by atoms with E-state index in [4.69, 9.17) is 9.26 Å². The number of carbonyl (C=O) groups is 1. The number of carbonyl (C=O) groups excluding carboxylic acids is 1. The number of alkyl halides is 3. The molecule has 2 aliphatic heterocycles. The first-order chi connectivity index (χ1) is 15.8. The average Bonchev–Trinajstić information content (AvgIpc) is 3.43. The molecule has 1 saturated heterocycles. The van der Waals surface area contributed by atoms with Crippen molar-refractivity contribution in [3.63, 3.8) is 0 Å². The van der Waals surface area contributed by atoms with E-state index in [0.29, 0.717) is 16.8 Å². The number of nitrogens with zero attached hydrogens (tertiary/aromatic N) is 3. The van der Waals surface area contributed by atoms with Gasteiger partial charge in [-0.05, 0) is 36.8 Å². The van der Waals surface area contributed by atoms with Gasteiger partial charge in [0.25, 0.3) is 0 Å². The molecule has 1 amide bonds. The topological polar surface area (TPSA) is 68.5 Å². The van der Waals surface area contributed by atoms with Crippen LogP contribution < -0.4 is 15.5 Å². The molecule has 168 valence electrons. The number of aryl methyl sites for hydroxylation is 1. The van der Waals surface area contributed by atoms with E-state index in [9.17, 15) is 18.0 Å². The summed E-state index contributed by atoms with van der Waals surface area (Å²) in [5.41, 5.74) is 0.536. The molecule has 2 aromatic heterocycles. The maximum absolute atomic E-state index is 14.0. The summed E-state index contributed by atoms with van der Waals surface area (Å²) in [6.45, 7) is 1.66. The van der Waals surface area contributed by atoms with E-state index in [-0.39, 0.29) is 30.7 Å². The van der Waals surface area contributed by atoms with Gasteiger partial charge in [0.1, 0.15) is 5.41 Å². The van der Waals surface area contributed by atoms with E-state index in [0.717, 1.165) is 16.8 Å². The van der Waals surface area contributed by atoms with Crippen LogP contribution in [0, 0.1) is 12.8 Å². The molecule has 1 spiro atoms. The second kappa shape index (κ2) is 6.77. The molecule has 3 aliphatic rings. The summed E-state index contributed by atoms with van der Waals surface area (Å²) >= 11 is 0. The molecule has 3 atom stereocenters. The van der Waals surface area contributed by atoms with Gasteiger partial charge < -0.3 is 14.2 Å². The fourth-order valence-corrected chi connectivity index (χ4v) is 5.28. The lowest BCUT2D eigenvalue weighted by Gasteiger charge is -2.29. The Morgan fingerprint density at radius 2 is 2.00 bits per heavy atom. The van der Waals surface area contributed by atoms with Gasteiger partial charge in [-0.25, -0.2) is 0 Å². The molecule has 6 rings (SSSR count). The zero-order chi connectivity index (χ0) is 23.0. The van der Waals surface area contributed by atoms with Crippen LogP contribution in [0.2, 0.25) is 0 Å². The number of pyridine rings is 1. The molecular weight excluding hydrogens is 435 g/mol. The van der Waals surface area contributed by atoms with E-state index in [2.05, 4.69) is 10.1 Å². The molecule has 0 bridgehead atoms. The summed E-state index contributed by atoms with van der Waals surface area (Å²) in [6, 6.07) is 9.44. The average molecular weight is 453 g/mol. The smallest absolute Gasteiger partial charge is 0.372 e. The van der Waals surface area contributed by atoms with Crippen LogP contribution in [0.4, 0.5) is 18.9 Å². The Labute approximate surface area is 186 Å². The quantitative estimate of drug-likeness (QED) is 0.597. The highest BCUT2D eigenvalue weighted by molar-refractivity contribution is 6.09. The lowest BCUT2D eigenvalue weighted by atomic mass is 9.70. The van der Waals surface area contributed by atoms with Crippen LogP contribution in [0.15, 0.2) is 47.1 Å². The second-order valence-corrected chi connectivity index (χ2v) is 8.56. The van der Waals surface area contributed by atoms with Gasteiger partial charge in [-0.15, -0.1) is 0 Å². The van der Waals surface area contributed by atoms with Gasteiger partial charge in [0.2, 0.25) is 5.91 Å². The molecule has 0 saturated carbocycles. The van der Waals surface area contributed by atoms with Crippen LogP contribution in [-0.4, -0.2) is 28.8 Å². The van der Waals surface area contributed by atoms with Crippen molar-refractivity contribution in [2.45, 2.75) is 31.2 Å². The summed E-state index contributed by atoms with van der Waals surface area (Å²) in [7, 11) is 0. The van der Waals surface area contributed by atoms with Crippen molar-refractivity contribution < 1.29 is 27.2 Å². The first kappa shape index (κ1) is 20.2. The standard InChI is InChI=1S/C24H18F3N3O3/c1-13-14-9-17-21(10-20(14)33-29-13)32-12-23(17)16-5-2-3-7-19(16)30(22(23)31)11-18-15(24(25,26)27)6-4-8-28-18/h2-10,17,21H,11-12H2,1H3/t17?,21-,23?/m1/s1. The molecule has 1 aliphatic carbocycles. The number of rotatable bonds is 2. The van der Waals surface area contributed by atoms with E-state index in [1.54, 1.807) is 12.1 Å². The van der Waals surface area contributed by atoms with Crippen molar-refractivity contribution in [3.05, 3.63) is 75.7 Å². The van der Waals surface area contributed by atoms with Gasteiger partial charge in [0, 0.05) is 23.0 Å². The van der Waals surface area contributed by atoms with Crippen LogP contribution in [-0.2, 0) is 27.7 Å². The summed E-state index contributed by atoms with van der Waals surface area (Å²) in [5.74, 6) is -0.634. The second-order valence-electron chi connectivity index (χ2n) is 8.56. The number of ether oxygens (including phenoxy) is 1. The van der Waals surface area contributed by atoms with Gasteiger partial charge in [0.15, 0.2) is 5.42 Å². The van der Waals surface area contributed by atoms with Crippen molar-refractivity contribution in [1.82, 2.24) is 10.1 Å². The van der Waals surface area contributed by atoms with Crippen molar-refractivity contribution in [2.24, 2.45) is 5.92 Å². The number of benzene rings is 1. The molecule has 1 fully saturated rings. The van der Waals surface area contributed by atoms with Crippen molar-refractivity contribution in [3.8, 4) is 0 Å². The summed E-state index contributed by atoms with van der Waals surface area (Å²) < 4.78 is 52.2. The minimum Gasteiger partial charge on any atom is -0.372 e. The van der Waals surface area contributed by atoms with Gasteiger partial charge in [-0.1, -0.05) is 29.4 Å². The number of aromatic nitrogens is 2. The third kappa shape index (κ3) is 2.75. The number of fused-ring (bicyclic) bond motifs is 5. The van der Waals surface area contributed by atoms with E-state index < -0.39 is 23.3 Å². The molecule has 1 aromatic carbocycles. The highest BCUT2D eigenvalue weighted by atomic mass is 19.4. The minimum absolute atomic E-state index is 0.118. The van der Waals surface area contributed by atoms with E-state index >= 15 is 0 Å². The largest absolute Gasteiger partial charge is 0.418 e. The summed E-state index contributed by atoms with van der Waals surface area (Å²) in [5, 5.41) is 4.82. The number of halogens is 3. The maximum Gasteiger partial charge on any atom is 0.418 e. The van der Waals surface area contributed by atoms with Gasteiger partial charge in [-0.3, -0.25) is 9.78 Å². The number of anilines is 1. The predicted octanol–water partition coefficient (Wildman–Crippen LogP) is 2.47. The minimum atomic E-state index is -4.57. The Kier molecular flexibility index (Phi) is 4.14. The van der Waals surface area contributed by atoms with E-state index in [1.165, 1.54) is 17.2 Å². The lowest BCUT2D eigenvalue weighted by Crippen LogP contribution is -2.47. The number of hydrogen-bond acceptors (Lipinski definition) is 5. The molecule has 2 unspecified atom stereocenters. The zero-order valence-electron chi connectivity index (χ0n) is 17.5. The zero-order valence-corrected chi connectivity index (χ0v) is 17.5. The van der Waals surface area contributed by atoms with E-state index in [1.807, 2.05) is 31.2 Å². The number of hydrogen-bond donors (Lipinski definition) is 0. The molecule has 0 radical (unpaired) electrons. The molecule has 0 N–H and O–H groups in total. The molecule has 33 heavy (non-hydrogen) atoms. The van der Waals surface area contributed by atoms with Crippen LogP contribution in [0.3, 0.4) is 0 Å². The monoisotopic (exact) mass is 453 g/mol. The maximum atomic E-state index is 14.0. The van der Waals surface area contributed by atoms with Crippen molar-refractivity contribution in [1.29, 1.82) is 0 Å². The molecular formula is C24H18F3N3O3. The van der Waals surface area contributed by atoms with Crippen molar-refractivity contribution >= 4 is 23.7 Å². The molecule has 9 heteroatoms. The molecule has 6 nitrogen and oxygen atoms in total. The van der Waals surface area contributed by atoms with Crippen LogP contribution in [0.1, 0.15) is 22.5 Å². The molecule has 3 aromatic rings. The van der Waals surface area contributed by atoms with Crippen LogP contribution >= 0.6 is 0 Å². The first-order valence-electron chi connectivity index (χ1n) is 10.5. The third-order valence-corrected chi connectivity index (χ3v) is 6.83. The predicted molar refractivity (Wildman–Crippen MR) is 111 cm³/mol. The van der Waals surface area contributed by atoms with Gasteiger partial charge in [-0.2, -0.15) is 13.2 Å². The van der Waals surface area contributed by atoms with Crippen LogP contribution in [0.5, 0.6) is 0 Å². The highest BCUT2D eigenvalue weighted by Crippen LogP contribution is 2.53. The Bertz CT molecular complexity index is 1410. The Morgan fingerprint density at radius 1 is 1.18 bits per heavy atom. The Hall–Kier alpha value is -3.46. The fraction of sp³-hybridized carbons (Fsp3) is 0.292. The lowest BCUT2D eigenvalue weighted by molar-refractivity contribution is -0.138. The number of amides is 1. The summed E-state index contributed by atoms with van der Waals surface area (Å²) in [6.07, 6.45) is 0.121. The third-order valence-electron chi connectivity index (χ3n) is 6.83. The van der Waals surface area contributed by atoms with Gasteiger partial charge >= 0.3 is 6.18 Å².